The van der Waals surface area contributed by atoms with Crippen LogP contribution in [0.15, 0.2) is 50.4 Å². The van der Waals surface area contributed by atoms with Gasteiger partial charge in [0.05, 0.1) is 18.3 Å². The van der Waals surface area contributed by atoms with Crippen molar-refractivity contribution in [3.8, 4) is 0 Å². The molecule has 5 nitrogen and oxygen atoms in total. The van der Waals surface area contributed by atoms with Crippen LogP contribution in [0.2, 0.25) is 0 Å². The van der Waals surface area contributed by atoms with Gasteiger partial charge in [-0.05, 0) is 43.2 Å². The molecule has 24 heavy (non-hydrogen) atoms. The van der Waals surface area contributed by atoms with Crippen molar-refractivity contribution in [2.45, 2.75) is 25.9 Å². The standard InChI is InChI=1S/C18H15BrN2O3/c1-10-5-11-6-12(19)7-14-16(11)21(10)9-15(17(14)22)18(23)20-8-13-3-2-4-24-13/h2-4,6-7,9-10H,5,8H2,1H3,(H,20,23)/t10-/m1/s1. The number of hydrogen-bond acceptors (Lipinski definition) is 3. The van der Waals surface area contributed by atoms with Gasteiger partial charge in [-0.2, -0.15) is 0 Å². The minimum atomic E-state index is -0.386. The van der Waals surface area contributed by atoms with E-state index in [0.29, 0.717) is 11.1 Å². The zero-order valence-corrected chi connectivity index (χ0v) is 14.6. The summed E-state index contributed by atoms with van der Waals surface area (Å²) in [6.45, 7) is 2.34. The fourth-order valence-electron chi connectivity index (χ4n) is 3.30. The second-order valence-corrected chi connectivity index (χ2v) is 6.97. The van der Waals surface area contributed by atoms with Crippen LogP contribution >= 0.6 is 15.9 Å². The maximum absolute atomic E-state index is 12.8. The zero-order chi connectivity index (χ0) is 16.8. The molecule has 3 aromatic rings. The Kier molecular flexibility index (Phi) is 3.57. The minimum absolute atomic E-state index is 0.159. The average molecular weight is 387 g/mol. The van der Waals surface area contributed by atoms with Gasteiger partial charge < -0.3 is 14.3 Å². The number of hydrogen-bond donors (Lipinski definition) is 1. The van der Waals surface area contributed by atoms with Crippen LogP contribution in [0.3, 0.4) is 0 Å². The number of carbonyl (C=O) groups is 1. The molecule has 0 spiro atoms. The van der Waals surface area contributed by atoms with Crippen LogP contribution in [0.4, 0.5) is 0 Å². The lowest BCUT2D eigenvalue weighted by molar-refractivity contribution is 0.0946. The molecule has 1 N–H and O–H groups in total. The Balaban J connectivity index is 1.78. The van der Waals surface area contributed by atoms with Crippen molar-refractivity contribution in [2.75, 3.05) is 0 Å². The van der Waals surface area contributed by atoms with E-state index in [-0.39, 0.29) is 29.5 Å². The van der Waals surface area contributed by atoms with Gasteiger partial charge in [0.15, 0.2) is 0 Å². The number of rotatable bonds is 3. The van der Waals surface area contributed by atoms with Gasteiger partial charge in [-0.25, -0.2) is 0 Å². The predicted molar refractivity (Wildman–Crippen MR) is 94.2 cm³/mol. The highest BCUT2D eigenvalue weighted by Crippen LogP contribution is 2.33. The average Bonchev–Trinajstić information content (AvgIpc) is 3.16. The first kappa shape index (κ1) is 15.2. The molecule has 6 heteroatoms. The van der Waals surface area contributed by atoms with Gasteiger partial charge in [0.25, 0.3) is 5.91 Å². The molecule has 1 atom stereocenters. The number of halogens is 1. The third-order valence-electron chi connectivity index (χ3n) is 4.41. The summed E-state index contributed by atoms with van der Waals surface area (Å²) in [7, 11) is 0. The van der Waals surface area contributed by atoms with Crippen molar-refractivity contribution in [3.05, 3.63) is 68.3 Å². The van der Waals surface area contributed by atoms with Crippen molar-refractivity contribution in [1.82, 2.24) is 9.88 Å². The van der Waals surface area contributed by atoms with E-state index in [0.717, 1.165) is 22.0 Å². The molecule has 0 saturated heterocycles. The molecule has 0 bridgehead atoms. The maximum atomic E-state index is 12.8. The lowest BCUT2D eigenvalue weighted by atomic mass is 10.1. The van der Waals surface area contributed by atoms with Gasteiger partial charge in [0.2, 0.25) is 5.43 Å². The topological polar surface area (TPSA) is 64.2 Å². The van der Waals surface area contributed by atoms with Crippen LogP contribution in [0.1, 0.15) is 34.6 Å². The molecule has 3 heterocycles. The molecule has 0 saturated carbocycles. The highest BCUT2D eigenvalue weighted by molar-refractivity contribution is 9.10. The molecule has 0 fully saturated rings. The van der Waals surface area contributed by atoms with Crippen LogP contribution < -0.4 is 10.7 Å². The summed E-state index contributed by atoms with van der Waals surface area (Å²) in [4.78, 5) is 25.3. The van der Waals surface area contributed by atoms with Crippen molar-refractivity contribution in [2.24, 2.45) is 0 Å². The summed E-state index contributed by atoms with van der Waals surface area (Å²) in [5.74, 6) is 0.259. The van der Waals surface area contributed by atoms with Gasteiger partial charge in [-0.3, -0.25) is 9.59 Å². The van der Waals surface area contributed by atoms with Gasteiger partial charge >= 0.3 is 0 Å². The number of nitrogens with one attached hydrogen (secondary N) is 1. The fourth-order valence-corrected chi connectivity index (χ4v) is 3.80. The predicted octanol–water partition coefficient (Wildman–Crippen LogP) is 3.40. The SMILES string of the molecule is C[C@@H]1Cc2cc(Br)cc3c(=O)c(C(=O)NCc4ccco4)cn1c23. The zero-order valence-electron chi connectivity index (χ0n) is 13.0. The minimum Gasteiger partial charge on any atom is -0.467 e. The van der Waals surface area contributed by atoms with E-state index in [4.69, 9.17) is 4.42 Å². The smallest absolute Gasteiger partial charge is 0.257 e. The van der Waals surface area contributed by atoms with E-state index in [9.17, 15) is 9.59 Å². The first-order valence-electron chi connectivity index (χ1n) is 7.72. The Morgan fingerprint density at radius 2 is 2.29 bits per heavy atom. The quantitative estimate of drug-likeness (QED) is 0.749. The third kappa shape index (κ3) is 2.38. The monoisotopic (exact) mass is 386 g/mol. The molecule has 4 rings (SSSR count). The Morgan fingerprint density at radius 3 is 3.04 bits per heavy atom. The summed E-state index contributed by atoms with van der Waals surface area (Å²) in [6.07, 6.45) is 4.08. The number of amides is 1. The highest BCUT2D eigenvalue weighted by atomic mass is 79.9. The van der Waals surface area contributed by atoms with Crippen molar-refractivity contribution in [1.29, 1.82) is 0 Å². The maximum Gasteiger partial charge on any atom is 0.257 e. The van der Waals surface area contributed by atoms with Crippen molar-refractivity contribution in [3.63, 3.8) is 0 Å². The molecular weight excluding hydrogens is 372 g/mol. The summed E-state index contributed by atoms with van der Waals surface area (Å²) < 4.78 is 8.09. The van der Waals surface area contributed by atoms with E-state index in [1.807, 2.05) is 10.6 Å². The van der Waals surface area contributed by atoms with E-state index >= 15 is 0 Å². The highest BCUT2D eigenvalue weighted by Gasteiger charge is 2.25. The van der Waals surface area contributed by atoms with Crippen LogP contribution in [-0.4, -0.2) is 10.5 Å². The Bertz CT molecular complexity index is 1010. The fraction of sp³-hybridized carbons (Fsp3) is 0.222. The van der Waals surface area contributed by atoms with Gasteiger partial charge in [0, 0.05) is 22.1 Å². The van der Waals surface area contributed by atoms with Gasteiger partial charge in [-0.1, -0.05) is 15.9 Å². The lowest BCUT2D eigenvalue weighted by Gasteiger charge is -2.12. The summed E-state index contributed by atoms with van der Waals surface area (Å²) >= 11 is 3.46. The van der Waals surface area contributed by atoms with Gasteiger partial charge in [-0.15, -0.1) is 0 Å². The second kappa shape index (κ2) is 5.63. The Labute approximate surface area is 146 Å². The van der Waals surface area contributed by atoms with Crippen molar-refractivity contribution >= 4 is 32.7 Å². The molecule has 1 aliphatic heterocycles. The summed E-state index contributed by atoms with van der Waals surface area (Å²) in [5.41, 5.74) is 1.98. The second-order valence-electron chi connectivity index (χ2n) is 6.06. The number of benzene rings is 1. The third-order valence-corrected chi connectivity index (χ3v) is 4.87. The summed E-state index contributed by atoms with van der Waals surface area (Å²) in [5, 5.41) is 3.33. The van der Waals surface area contributed by atoms with E-state index in [2.05, 4.69) is 28.2 Å². The normalized spacial score (nSPS) is 15.8. The molecule has 1 amide bonds. The molecule has 2 aromatic heterocycles. The lowest BCUT2D eigenvalue weighted by Crippen LogP contribution is -2.29. The van der Waals surface area contributed by atoms with Gasteiger partial charge in [0.1, 0.15) is 11.3 Å². The first-order valence-corrected chi connectivity index (χ1v) is 8.52. The number of nitrogens with zero attached hydrogens (tertiary/aromatic N) is 1. The van der Waals surface area contributed by atoms with Crippen LogP contribution in [0.25, 0.3) is 10.9 Å². The Morgan fingerprint density at radius 1 is 1.46 bits per heavy atom. The molecule has 0 radical (unpaired) electrons. The molecule has 122 valence electrons. The number of aromatic nitrogens is 1. The van der Waals surface area contributed by atoms with Crippen molar-refractivity contribution < 1.29 is 9.21 Å². The van der Waals surface area contributed by atoms with Crippen LogP contribution in [0, 0.1) is 0 Å². The Hall–Kier alpha value is -2.34. The molecule has 1 aromatic carbocycles. The number of carbonyl (C=O) groups excluding carboxylic acids is 1. The summed E-state index contributed by atoms with van der Waals surface area (Å²) in [6, 6.07) is 7.58. The number of furan rings is 1. The molecule has 0 unspecified atom stereocenters. The first-order chi connectivity index (χ1) is 11.5. The van der Waals surface area contributed by atoms with Crippen LogP contribution in [-0.2, 0) is 13.0 Å². The van der Waals surface area contributed by atoms with E-state index < -0.39 is 0 Å². The number of pyridine rings is 1. The molecule has 0 aliphatic carbocycles. The molecular formula is C18H15BrN2O3. The molecule has 1 aliphatic rings. The van der Waals surface area contributed by atoms with E-state index in [1.165, 1.54) is 0 Å². The van der Waals surface area contributed by atoms with Crippen LogP contribution in [0.5, 0.6) is 0 Å². The van der Waals surface area contributed by atoms with E-state index in [1.54, 1.807) is 30.7 Å². The largest absolute Gasteiger partial charge is 0.467 e.